The highest BCUT2D eigenvalue weighted by molar-refractivity contribution is 5.96. The van der Waals surface area contributed by atoms with Gasteiger partial charge in [0.25, 0.3) is 5.69 Å². The van der Waals surface area contributed by atoms with Crippen molar-refractivity contribution >= 4 is 22.2 Å². The summed E-state index contributed by atoms with van der Waals surface area (Å²) in [4.78, 5) is 22.0. The van der Waals surface area contributed by atoms with E-state index in [1.54, 1.807) is 30.3 Å². The van der Waals surface area contributed by atoms with Gasteiger partial charge in [-0.2, -0.15) is 0 Å². The van der Waals surface area contributed by atoms with Gasteiger partial charge in [0, 0.05) is 5.57 Å². The number of benzene rings is 2. The van der Waals surface area contributed by atoms with Gasteiger partial charge in [0.15, 0.2) is 5.78 Å². The number of nitrogens with zero attached hydrogens (tertiary/aromatic N) is 1. The van der Waals surface area contributed by atoms with Crippen molar-refractivity contribution in [1.82, 2.24) is 0 Å². The molecule has 0 radical (unpaired) electrons. The van der Waals surface area contributed by atoms with E-state index in [-0.39, 0.29) is 16.8 Å². The Morgan fingerprint density at radius 2 is 1.95 bits per heavy atom. The Balaban J connectivity index is 2.70. The minimum absolute atomic E-state index is 0.0663. The molecule has 0 saturated carbocycles. The standard InChI is InChI=1S/C15H13NO4/c1-9(10(2)17)15(18)13-8-7-11-5-3-4-6-12(11)14(13)16(19)20/h3-8,15,18H,1H2,2H3. The van der Waals surface area contributed by atoms with Crippen LogP contribution in [-0.4, -0.2) is 15.8 Å². The van der Waals surface area contributed by atoms with E-state index in [1.165, 1.54) is 13.0 Å². The van der Waals surface area contributed by atoms with E-state index in [9.17, 15) is 20.0 Å². The van der Waals surface area contributed by atoms with Gasteiger partial charge < -0.3 is 5.11 Å². The second-order valence-corrected chi connectivity index (χ2v) is 4.47. The predicted octanol–water partition coefficient (Wildman–Crippen LogP) is 2.93. The van der Waals surface area contributed by atoms with Gasteiger partial charge >= 0.3 is 0 Å². The van der Waals surface area contributed by atoms with Gasteiger partial charge in [0.2, 0.25) is 0 Å². The van der Waals surface area contributed by atoms with Crippen molar-refractivity contribution in [1.29, 1.82) is 0 Å². The van der Waals surface area contributed by atoms with E-state index in [0.29, 0.717) is 10.8 Å². The minimum Gasteiger partial charge on any atom is -0.383 e. The molecule has 102 valence electrons. The molecule has 0 saturated heterocycles. The van der Waals surface area contributed by atoms with Crippen molar-refractivity contribution in [3.05, 3.63) is 64.2 Å². The minimum atomic E-state index is -1.38. The van der Waals surface area contributed by atoms with Gasteiger partial charge in [-0.1, -0.05) is 30.8 Å². The van der Waals surface area contributed by atoms with Gasteiger partial charge in [-0.15, -0.1) is 0 Å². The number of nitro groups is 1. The Bertz CT molecular complexity index is 721. The lowest BCUT2D eigenvalue weighted by Crippen LogP contribution is -2.10. The van der Waals surface area contributed by atoms with Crippen molar-refractivity contribution in [3.63, 3.8) is 0 Å². The van der Waals surface area contributed by atoms with Crippen LogP contribution in [-0.2, 0) is 4.79 Å². The number of carbonyl (C=O) groups excluding carboxylic acids is 1. The predicted molar refractivity (Wildman–Crippen MR) is 75.4 cm³/mol. The molecule has 5 heteroatoms. The Morgan fingerprint density at radius 3 is 2.55 bits per heavy atom. The number of carbonyl (C=O) groups is 1. The van der Waals surface area contributed by atoms with Gasteiger partial charge in [-0.05, 0) is 24.4 Å². The number of rotatable bonds is 4. The maximum Gasteiger partial charge on any atom is 0.283 e. The van der Waals surface area contributed by atoms with E-state index in [1.807, 2.05) is 0 Å². The van der Waals surface area contributed by atoms with Crippen LogP contribution in [0.2, 0.25) is 0 Å². The van der Waals surface area contributed by atoms with E-state index in [4.69, 9.17) is 0 Å². The highest BCUT2D eigenvalue weighted by Gasteiger charge is 2.26. The van der Waals surface area contributed by atoms with Crippen LogP contribution >= 0.6 is 0 Å². The number of hydrogen-bond acceptors (Lipinski definition) is 4. The normalized spacial score (nSPS) is 12.1. The quantitative estimate of drug-likeness (QED) is 0.526. The van der Waals surface area contributed by atoms with Crippen LogP contribution in [0.15, 0.2) is 48.6 Å². The fourth-order valence-electron chi connectivity index (χ4n) is 2.08. The van der Waals surface area contributed by atoms with Gasteiger partial charge in [-0.25, -0.2) is 0 Å². The highest BCUT2D eigenvalue weighted by Crippen LogP contribution is 2.35. The van der Waals surface area contributed by atoms with Gasteiger partial charge in [0.05, 0.1) is 15.9 Å². The summed E-state index contributed by atoms with van der Waals surface area (Å²) < 4.78 is 0. The molecular formula is C15H13NO4. The first-order valence-electron chi connectivity index (χ1n) is 5.97. The third kappa shape index (κ3) is 2.31. The lowest BCUT2D eigenvalue weighted by atomic mass is 9.95. The molecule has 1 atom stereocenters. The van der Waals surface area contributed by atoms with Crippen LogP contribution < -0.4 is 0 Å². The van der Waals surface area contributed by atoms with Gasteiger partial charge in [-0.3, -0.25) is 14.9 Å². The number of aliphatic hydroxyl groups is 1. The summed E-state index contributed by atoms with van der Waals surface area (Å²) in [7, 11) is 0. The summed E-state index contributed by atoms with van der Waals surface area (Å²) in [6.07, 6.45) is -1.38. The molecule has 0 aromatic heterocycles. The number of fused-ring (bicyclic) bond motifs is 1. The molecule has 0 fully saturated rings. The zero-order valence-electron chi connectivity index (χ0n) is 10.9. The average Bonchev–Trinajstić information content (AvgIpc) is 2.44. The van der Waals surface area contributed by atoms with E-state index >= 15 is 0 Å². The molecule has 0 bridgehead atoms. The topological polar surface area (TPSA) is 80.4 Å². The summed E-state index contributed by atoms with van der Waals surface area (Å²) in [5.74, 6) is -0.403. The Hall–Kier alpha value is -2.53. The van der Waals surface area contributed by atoms with Crippen LogP contribution in [0.4, 0.5) is 5.69 Å². The van der Waals surface area contributed by atoms with E-state index in [0.717, 1.165) is 0 Å². The third-order valence-corrected chi connectivity index (χ3v) is 3.19. The fourth-order valence-corrected chi connectivity index (χ4v) is 2.08. The molecule has 0 heterocycles. The first-order valence-corrected chi connectivity index (χ1v) is 5.97. The smallest absolute Gasteiger partial charge is 0.283 e. The summed E-state index contributed by atoms with van der Waals surface area (Å²) in [5, 5.41) is 22.6. The lowest BCUT2D eigenvalue weighted by molar-refractivity contribution is -0.384. The molecule has 1 N–H and O–H groups in total. The molecule has 2 aromatic rings. The van der Waals surface area contributed by atoms with Crippen LogP contribution in [0.1, 0.15) is 18.6 Å². The Kier molecular flexibility index (Phi) is 3.63. The lowest BCUT2D eigenvalue weighted by Gasteiger charge is -2.13. The summed E-state index contributed by atoms with van der Waals surface area (Å²) in [6, 6.07) is 9.95. The second kappa shape index (κ2) is 5.22. The molecule has 0 aliphatic heterocycles. The summed E-state index contributed by atoms with van der Waals surface area (Å²) >= 11 is 0. The number of hydrogen-bond donors (Lipinski definition) is 1. The molecule has 0 amide bonds. The summed E-state index contributed by atoms with van der Waals surface area (Å²) in [6.45, 7) is 4.75. The number of ketones is 1. The molecule has 0 spiro atoms. The largest absolute Gasteiger partial charge is 0.383 e. The van der Waals surface area contributed by atoms with Crippen molar-refractivity contribution in [2.45, 2.75) is 13.0 Å². The maximum atomic E-state index is 11.3. The van der Waals surface area contributed by atoms with Crippen LogP contribution in [0.25, 0.3) is 10.8 Å². The first-order chi connectivity index (χ1) is 9.43. The molecule has 2 aromatic carbocycles. The highest BCUT2D eigenvalue weighted by atomic mass is 16.6. The number of nitro benzene ring substituents is 1. The van der Waals surface area contributed by atoms with Crippen molar-refractivity contribution in [2.24, 2.45) is 0 Å². The van der Waals surface area contributed by atoms with E-state index < -0.39 is 16.8 Å². The third-order valence-electron chi connectivity index (χ3n) is 3.19. The number of aliphatic hydroxyl groups excluding tert-OH is 1. The number of Topliss-reactive ketones (excluding diaryl/α,β-unsaturated/α-hetero) is 1. The van der Waals surface area contributed by atoms with Crippen LogP contribution in [0.5, 0.6) is 0 Å². The SMILES string of the molecule is C=C(C(C)=O)C(O)c1ccc2ccccc2c1[N+](=O)[O-]. The van der Waals surface area contributed by atoms with Crippen LogP contribution in [0, 0.1) is 10.1 Å². The molecular weight excluding hydrogens is 258 g/mol. The maximum absolute atomic E-state index is 11.3. The van der Waals surface area contributed by atoms with Crippen LogP contribution in [0.3, 0.4) is 0 Å². The summed E-state index contributed by atoms with van der Waals surface area (Å²) in [5.41, 5.74) is -0.185. The van der Waals surface area contributed by atoms with Gasteiger partial charge in [0.1, 0.15) is 6.10 Å². The molecule has 0 aliphatic carbocycles. The zero-order valence-corrected chi connectivity index (χ0v) is 10.9. The average molecular weight is 271 g/mol. The second-order valence-electron chi connectivity index (χ2n) is 4.47. The zero-order chi connectivity index (χ0) is 14.9. The molecule has 2 rings (SSSR count). The Morgan fingerprint density at radius 1 is 1.30 bits per heavy atom. The van der Waals surface area contributed by atoms with Crippen molar-refractivity contribution < 1.29 is 14.8 Å². The molecule has 5 nitrogen and oxygen atoms in total. The first kappa shape index (κ1) is 13.9. The van der Waals surface area contributed by atoms with Crippen molar-refractivity contribution in [2.75, 3.05) is 0 Å². The fraction of sp³-hybridized carbons (Fsp3) is 0.133. The molecule has 20 heavy (non-hydrogen) atoms. The molecule has 1 unspecified atom stereocenters. The van der Waals surface area contributed by atoms with Crippen molar-refractivity contribution in [3.8, 4) is 0 Å². The monoisotopic (exact) mass is 271 g/mol. The molecule has 0 aliphatic rings. The Labute approximate surface area is 115 Å². The van der Waals surface area contributed by atoms with E-state index in [2.05, 4.69) is 6.58 Å².